The number of esters is 2. The summed E-state index contributed by atoms with van der Waals surface area (Å²) < 4.78 is 9.65. The molecule has 0 amide bonds. The van der Waals surface area contributed by atoms with Crippen molar-refractivity contribution in [1.29, 1.82) is 0 Å². The van der Waals surface area contributed by atoms with Crippen molar-refractivity contribution in [3.8, 4) is 0 Å². The predicted octanol–water partition coefficient (Wildman–Crippen LogP) is 4.29. The number of nitrogens with one attached hydrogen (secondary N) is 2. The van der Waals surface area contributed by atoms with Gasteiger partial charge in [0.25, 0.3) is 0 Å². The van der Waals surface area contributed by atoms with Gasteiger partial charge in [0.15, 0.2) is 5.11 Å². The van der Waals surface area contributed by atoms with Crippen molar-refractivity contribution in [3.63, 3.8) is 0 Å². The Morgan fingerprint density at radius 2 is 1.75 bits per heavy atom. The number of carbonyl (C=O) groups excluding carboxylic acids is 2. The van der Waals surface area contributed by atoms with Gasteiger partial charge in [0.05, 0.1) is 25.8 Å². The molecule has 2 rings (SSSR count). The molecule has 0 radical (unpaired) electrons. The minimum atomic E-state index is -0.545. The van der Waals surface area contributed by atoms with Gasteiger partial charge in [-0.1, -0.05) is 23.8 Å². The second-order valence-electron chi connectivity index (χ2n) is 6.42. The Morgan fingerprint density at radius 3 is 2.36 bits per heavy atom. The van der Waals surface area contributed by atoms with Crippen molar-refractivity contribution in [2.45, 2.75) is 33.7 Å². The van der Waals surface area contributed by atoms with Crippen LogP contribution in [0.25, 0.3) is 0 Å². The van der Waals surface area contributed by atoms with Crippen molar-refractivity contribution in [1.82, 2.24) is 5.32 Å². The number of methoxy groups -OCH3 is 2. The van der Waals surface area contributed by atoms with E-state index < -0.39 is 11.9 Å². The second kappa shape index (κ2) is 9.16. The molecule has 1 atom stereocenters. The lowest BCUT2D eigenvalue weighted by molar-refractivity contribution is 0.0601. The van der Waals surface area contributed by atoms with Gasteiger partial charge in [-0.2, -0.15) is 0 Å². The van der Waals surface area contributed by atoms with Gasteiger partial charge in [-0.15, -0.1) is 11.3 Å². The quantitative estimate of drug-likeness (QED) is 0.552. The monoisotopic (exact) mass is 420 g/mol. The molecule has 0 aliphatic heterocycles. The minimum absolute atomic E-state index is 0.0392. The van der Waals surface area contributed by atoms with Crippen LogP contribution in [-0.2, 0) is 9.47 Å². The number of thiocarbonyl (C=S) groups is 1. The maximum absolute atomic E-state index is 12.2. The zero-order chi connectivity index (χ0) is 21.0. The highest BCUT2D eigenvalue weighted by atomic mass is 32.1. The van der Waals surface area contributed by atoms with Gasteiger partial charge in [0.1, 0.15) is 9.88 Å². The van der Waals surface area contributed by atoms with Crippen LogP contribution in [0.15, 0.2) is 18.2 Å². The SMILES string of the molecule is COC(=O)c1sc(NC(=S)NC(C)c2cc(C)ccc2C)c(C(=O)OC)c1C. The fraction of sp³-hybridized carbons (Fsp3) is 0.350. The number of aryl methyl sites for hydroxylation is 2. The number of anilines is 1. The number of rotatable bonds is 5. The Balaban J connectivity index is 2.26. The molecule has 0 bridgehead atoms. The summed E-state index contributed by atoms with van der Waals surface area (Å²) in [5, 5.41) is 7.04. The van der Waals surface area contributed by atoms with Crippen molar-refractivity contribution in [3.05, 3.63) is 50.9 Å². The summed E-state index contributed by atoms with van der Waals surface area (Å²) in [7, 11) is 2.59. The first kappa shape index (κ1) is 21.8. The van der Waals surface area contributed by atoms with E-state index >= 15 is 0 Å². The predicted molar refractivity (Wildman–Crippen MR) is 115 cm³/mol. The summed E-state index contributed by atoms with van der Waals surface area (Å²) in [6.45, 7) is 7.77. The number of carbonyl (C=O) groups is 2. The molecule has 1 unspecified atom stereocenters. The van der Waals surface area contributed by atoms with Gasteiger partial charge in [0.2, 0.25) is 0 Å². The molecule has 0 aliphatic carbocycles. The summed E-state index contributed by atoms with van der Waals surface area (Å²) in [5.41, 5.74) is 4.23. The first-order valence-corrected chi connectivity index (χ1v) is 9.86. The summed E-state index contributed by atoms with van der Waals surface area (Å²) >= 11 is 6.54. The first-order chi connectivity index (χ1) is 13.2. The van der Waals surface area contributed by atoms with Crippen LogP contribution in [0.1, 0.15) is 55.2 Å². The maximum atomic E-state index is 12.2. The van der Waals surface area contributed by atoms with E-state index in [1.165, 1.54) is 14.2 Å². The zero-order valence-electron chi connectivity index (χ0n) is 16.8. The van der Waals surface area contributed by atoms with Gasteiger partial charge < -0.3 is 20.1 Å². The lowest BCUT2D eigenvalue weighted by Gasteiger charge is -2.19. The van der Waals surface area contributed by atoms with E-state index in [4.69, 9.17) is 21.7 Å². The lowest BCUT2D eigenvalue weighted by atomic mass is 10.0. The molecule has 0 aliphatic rings. The fourth-order valence-corrected chi connectivity index (χ4v) is 4.34. The Morgan fingerprint density at radius 1 is 1.11 bits per heavy atom. The third-order valence-electron chi connectivity index (χ3n) is 4.38. The van der Waals surface area contributed by atoms with Gasteiger partial charge in [-0.05, 0) is 56.6 Å². The average molecular weight is 421 g/mol. The maximum Gasteiger partial charge on any atom is 0.348 e. The van der Waals surface area contributed by atoms with Crippen LogP contribution in [0.2, 0.25) is 0 Å². The van der Waals surface area contributed by atoms with Crippen LogP contribution in [-0.4, -0.2) is 31.3 Å². The molecule has 0 saturated carbocycles. The molecule has 2 aromatic rings. The minimum Gasteiger partial charge on any atom is -0.465 e. The smallest absolute Gasteiger partial charge is 0.348 e. The van der Waals surface area contributed by atoms with Gasteiger partial charge in [-0.3, -0.25) is 0 Å². The van der Waals surface area contributed by atoms with E-state index in [1.807, 2.05) is 20.8 Å². The van der Waals surface area contributed by atoms with Crippen LogP contribution in [0, 0.1) is 20.8 Å². The van der Waals surface area contributed by atoms with Crippen LogP contribution in [0.4, 0.5) is 5.00 Å². The summed E-state index contributed by atoms with van der Waals surface area (Å²) in [6.07, 6.45) is 0. The molecule has 0 fully saturated rings. The molecule has 0 spiro atoms. The molecule has 1 aromatic heterocycles. The van der Waals surface area contributed by atoms with Gasteiger partial charge >= 0.3 is 11.9 Å². The Hall–Kier alpha value is -2.45. The molecule has 1 heterocycles. The topological polar surface area (TPSA) is 76.7 Å². The van der Waals surface area contributed by atoms with E-state index in [1.54, 1.807) is 6.92 Å². The summed E-state index contributed by atoms with van der Waals surface area (Å²) in [5.74, 6) is -1.06. The molecule has 2 N–H and O–H groups in total. The van der Waals surface area contributed by atoms with Gasteiger partial charge in [0, 0.05) is 0 Å². The first-order valence-electron chi connectivity index (χ1n) is 8.64. The lowest BCUT2D eigenvalue weighted by Crippen LogP contribution is -2.31. The molecule has 0 saturated heterocycles. The normalized spacial score (nSPS) is 11.5. The van der Waals surface area contributed by atoms with Crippen molar-refractivity contribution in [2.24, 2.45) is 0 Å². The summed E-state index contributed by atoms with van der Waals surface area (Å²) in [4.78, 5) is 24.5. The Labute approximate surface area is 174 Å². The largest absolute Gasteiger partial charge is 0.465 e. The zero-order valence-corrected chi connectivity index (χ0v) is 18.4. The summed E-state index contributed by atoms with van der Waals surface area (Å²) in [6, 6.07) is 6.20. The molecule has 8 heteroatoms. The van der Waals surface area contributed by atoms with E-state index in [0.717, 1.165) is 28.0 Å². The molecular weight excluding hydrogens is 396 g/mol. The molecule has 1 aromatic carbocycles. The molecule has 150 valence electrons. The Kier molecular flexibility index (Phi) is 7.15. The van der Waals surface area contributed by atoms with Crippen LogP contribution < -0.4 is 10.6 Å². The number of thiophene rings is 1. The van der Waals surface area contributed by atoms with Crippen LogP contribution >= 0.6 is 23.6 Å². The molecule has 6 nitrogen and oxygen atoms in total. The van der Waals surface area contributed by atoms with Crippen molar-refractivity contribution >= 4 is 45.6 Å². The second-order valence-corrected chi connectivity index (χ2v) is 7.85. The number of benzene rings is 1. The van der Waals surface area contributed by atoms with Crippen LogP contribution in [0.3, 0.4) is 0 Å². The number of ether oxygens (including phenoxy) is 2. The van der Waals surface area contributed by atoms with E-state index in [9.17, 15) is 9.59 Å². The van der Waals surface area contributed by atoms with Crippen LogP contribution in [0.5, 0.6) is 0 Å². The molecule has 28 heavy (non-hydrogen) atoms. The Bertz CT molecular complexity index is 921. The number of hydrogen-bond acceptors (Lipinski definition) is 6. The highest BCUT2D eigenvalue weighted by molar-refractivity contribution is 7.80. The standard InChI is InChI=1S/C20H24N2O4S2/c1-10-7-8-11(2)14(9-10)13(4)21-20(27)22-17-15(18(23)25-5)12(3)16(28-17)19(24)26-6/h7-9,13H,1-6H3,(H2,21,22,27). The van der Waals surface area contributed by atoms with E-state index in [2.05, 4.69) is 28.8 Å². The third-order valence-corrected chi connectivity index (χ3v) is 5.79. The number of hydrogen-bond donors (Lipinski definition) is 2. The van der Waals surface area contributed by atoms with Gasteiger partial charge in [-0.25, -0.2) is 9.59 Å². The van der Waals surface area contributed by atoms with E-state index in [0.29, 0.717) is 20.6 Å². The molecular formula is C20H24N2O4S2. The highest BCUT2D eigenvalue weighted by Gasteiger charge is 2.26. The van der Waals surface area contributed by atoms with E-state index in [-0.39, 0.29) is 11.6 Å². The average Bonchev–Trinajstić information content (AvgIpc) is 2.98. The third kappa shape index (κ3) is 4.69. The highest BCUT2D eigenvalue weighted by Crippen LogP contribution is 2.34. The van der Waals surface area contributed by atoms with Crippen molar-refractivity contribution in [2.75, 3.05) is 19.5 Å². The fourth-order valence-electron chi connectivity index (χ4n) is 2.88. The van der Waals surface area contributed by atoms with Crippen molar-refractivity contribution < 1.29 is 19.1 Å².